The number of rotatable bonds is 5. The van der Waals surface area contributed by atoms with Crippen molar-refractivity contribution in [2.24, 2.45) is 0 Å². The molecule has 1 aliphatic rings. The Kier molecular flexibility index (Phi) is 4.48. The van der Waals surface area contributed by atoms with Crippen LogP contribution < -0.4 is 0 Å². The summed E-state index contributed by atoms with van der Waals surface area (Å²) in [5.74, 6) is -0.267. The van der Waals surface area contributed by atoms with Gasteiger partial charge in [-0.1, -0.05) is 18.2 Å². The highest BCUT2D eigenvalue weighted by atomic mass is 32.2. The van der Waals surface area contributed by atoms with Crippen molar-refractivity contribution >= 4 is 17.7 Å². The number of halogens is 1. The van der Waals surface area contributed by atoms with E-state index in [0.29, 0.717) is 17.7 Å². The zero-order chi connectivity index (χ0) is 15.5. The van der Waals surface area contributed by atoms with Crippen LogP contribution in [0.2, 0.25) is 0 Å². The molecule has 1 aliphatic carbocycles. The lowest BCUT2D eigenvalue weighted by Crippen LogP contribution is -2.32. The predicted octanol–water partition coefficient (Wildman–Crippen LogP) is 4.35. The molecule has 3 rings (SSSR count). The van der Waals surface area contributed by atoms with Crippen molar-refractivity contribution in [1.82, 2.24) is 4.90 Å². The fourth-order valence-electron chi connectivity index (χ4n) is 2.46. The molecule has 1 fully saturated rings. The minimum absolute atomic E-state index is 0.0154. The van der Waals surface area contributed by atoms with Crippen molar-refractivity contribution in [2.75, 3.05) is 6.26 Å². The van der Waals surface area contributed by atoms with E-state index in [-0.39, 0.29) is 17.8 Å². The standard InChI is InChI=1S/C18H18FNOS/c1-22-16-10-6-13(7-11-16)18(21)20(15-8-9-15)12-14-4-2-3-5-17(14)19/h2-7,10-11,15H,8-9,12H2,1H3. The average Bonchev–Trinajstić information content (AvgIpc) is 3.38. The lowest BCUT2D eigenvalue weighted by Gasteiger charge is -2.23. The Morgan fingerprint density at radius 2 is 1.86 bits per heavy atom. The van der Waals surface area contributed by atoms with Crippen LogP contribution in [0.4, 0.5) is 4.39 Å². The third kappa shape index (κ3) is 3.33. The van der Waals surface area contributed by atoms with Crippen molar-refractivity contribution in [2.45, 2.75) is 30.3 Å². The van der Waals surface area contributed by atoms with Crippen molar-refractivity contribution < 1.29 is 9.18 Å². The first-order valence-corrected chi connectivity index (χ1v) is 8.60. The molecule has 0 bridgehead atoms. The highest BCUT2D eigenvalue weighted by Gasteiger charge is 2.33. The van der Waals surface area contributed by atoms with Crippen LogP contribution in [0.3, 0.4) is 0 Å². The second-order valence-corrected chi connectivity index (χ2v) is 6.36. The van der Waals surface area contributed by atoms with E-state index in [1.54, 1.807) is 34.9 Å². The molecule has 0 spiro atoms. The van der Waals surface area contributed by atoms with Crippen LogP contribution >= 0.6 is 11.8 Å². The molecule has 2 aromatic carbocycles. The van der Waals surface area contributed by atoms with Crippen molar-refractivity contribution in [3.05, 3.63) is 65.5 Å². The maximum atomic E-state index is 13.9. The van der Waals surface area contributed by atoms with E-state index in [1.165, 1.54) is 6.07 Å². The van der Waals surface area contributed by atoms with Crippen LogP contribution in [0.25, 0.3) is 0 Å². The third-order valence-corrected chi connectivity index (χ3v) is 4.63. The van der Waals surface area contributed by atoms with E-state index in [1.807, 2.05) is 30.5 Å². The van der Waals surface area contributed by atoms with E-state index in [0.717, 1.165) is 17.7 Å². The summed E-state index contributed by atoms with van der Waals surface area (Å²) in [6.45, 7) is 0.334. The summed E-state index contributed by atoms with van der Waals surface area (Å²) in [6.07, 6.45) is 4.01. The molecule has 22 heavy (non-hydrogen) atoms. The van der Waals surface area contributed by atoms with Gasteiger partial charge in [-0.05, 0) is 49.4 Å². The van der Waals surface area contributed by atoms with E-state index >= 15 is 0 Å². The molecule has 0 N–H and O–H groups in total. The van der Waals surface area contributed by atoms with Crippen molar-refractivity contribution in [3.63, 3.8) is 0 Å². The predicted molar refractivity (Wildman–Crippen MR) is 87.5 cm³/mol. The Hall–Kier alpha value is -1.81. The van der Waals surface area contributed by atoms with E-state index < -0.39 is 0 Å². The Labute approximate surface area is 134 Å². The quantitative estimate of drug-likeness (QED) is 0.764. The molecule has 1 saturated carbocycles. The van der Waals surface area contributed by atoms with Crippen molar-refractivity contribution in [1.29, 1.82) is 0 Å². The lowest BCUT2D eigenvalue weighted by atomic mass is 10.1. The molecule has 0 unspecified atom stereocenters. The second-order valence-electron chi connectivity index (χ2n) is 5.48. The van der Waals surface area contributed by atoms with Gasteiger partial charge in [0.25, 0.3) is 5.91 Å². The Bertz CT molecular complexity index is 667. The van der Waals surface area contributed by atoms with Crippen molar-refractivity contribution in [3.8, 4) is 0 Å². The number of thioether (sulfide) groups is 1. The van der Waals surface area contributed by atoms with Gasteiger partial charge in [-0.3, -0.25) is 4.79 Å². The molecule has 0 aliphatic heterocycles. The van der Waals surface area contributed by atoms with Gasteiger partial charge in [0.05, 0.1) is 0 Å². The number of hydrogen-bond acceptors (Lipinski definition) is 2. The first-order valence-electron chi connectivity index (χ1n) is 7.37. The molecule has 2 aromatic rings. The molecule has 114 valence electrons. The number of hydrogen-bond donors (Lipinski definition) is 0. The van der Waals surface area contributed by atoms with Crippen LogP contribution in [0.1, 0.15) is 28.8 Å². The van der Waals surface area contributed by atoms with Crippen LogP contribution in [0, 0.1) is 5.82 Å². The number of nitrogens with zero attached hydrogens (tertiary/aromatic N) is 1. The zero-order valence-electron chi connectivity index (χ0n) is 12.5. The SMILES string of the molecule is CSc1ccc(C(=O)N(Cc2ccccc2F)C2CC2)cc1. The molecule has 0 aromatic heterocycles. The molecule has 1 amide bonds. The summed E-state index contributed by atoms with van der Waals surface area (Å²) < 4.78 is 13.9. The van der Waals surface area contributed by atoms with Gasteiger partial charge >= 0.3 is 0 Å². The van der Waals surface area contributed by atoms with Crippen LogP contribution in [-0.2, 0) is 6.54 Å². The molecule has 0 saturated heterocycles. The van der Waals surface area contributed by atoms with Gasteiger partial charge in [-0.15, -0.1) is 11.8 Å². The minimum Gasteiger partial charge on any atom is -0.331 e. The average molecular weight is 315 g/mol. The van der Waals surface area contributed by atoms with Gasteiger partial charge in [0.2, 0.25) is 0 Å². The molecule has 4 heteroatoms. The normalized spacial score (nSPS) is 13.9. The highest BCUT2D eigenvalue weighted by molar-refractivity contribution is 7.98. The van der Waals surface area contributed by atoms with Gasteiger partial charge in [-0.25, -0.2) is 4.39 Å². The summed E-state index contributed by atoms with van der Waals surface area (Å²) in [5.41, 5.74) is 1.24. The maximum absolute atomic E-state index is 13.9. The topological polar surface area (TPSA) is 20.3 Å². The number of benzene rings is 2. The number of carbonyl (C=O) groups excluding carboxylic acids is 1. The second kappa shape index (κ2) is 6.53. The monoisotopic (exact) mass is 315 g/mol. The molecular weight excluding hydrogens is 297 g/mol. The third-order valence-electron chi connectivity index (χ3n) is 3.88. The fraction of sp³-hybridized carbons (Fsp3) is 0.278. The van der Waals surface area contributed by atoms with Gasteiger partial charge < -0.3 is 4.90 Å². The van der Waals surface area contributed by atoms with Gasteiger partial charge in [0.1, 0.15) is 5.82 Å². The summed E-state index contributed by atoms with van der Waals surface area (Å²) >= 11 is 1.65. The van der Waals surface area contributed by atoms with E-state index in [9.17, 15) is 9.18 Å². The summed E-state index contributed by atoms with van der Waals surface area (Å²) in [6, 6.07) is 14.5. The zero-order valence-corrected chi connectivity index (χ0v) is 13.3. The number of amides is 1. The fourth-order valence-corrected chi connectivity index (χ4v) is 2.87. The van der Waals surface area contributed by atoms with Gasteiger partial charge in [-0.2, -0.15) is 0 Å². The Balaban J connectivity index is 1.81. The van der Waals surface area contributed by atoms with Crippen LogP contribution in [0.15, 0.2) is 53.4 Å². The lowest BCUT2D eigenvalue weighted by molar-refractivity contribution is 0.0728. The first-order chi connectivity index (χ1) is 10.7. The maximum Gasteiger partial charge on any atom is 0.254 e. The summed E-state index contributed by atoms with van der Waals surface area (Å²) in [7, 11) is 0. The molecule has 0 atom stereocenters. The Morgan fingerprint density at radius 3 is 2.45 bits per heavy atom. The Morgan fingerprint density at radius 1 is 1.18 bits per heavy atom. The van der Waals surface area contributed by atoms with E-state index in [4.69, 9.17) is 0 Å². The number of carbonyl (C=O) groups is 1. The summed E-state index contributed by atoms with van der Waals surface area (Å²) in [5, 5.41) is 0. The van der Waals surface area contributed by atoms with Crippen LogP contribution in [0.5, 0.6) is 0 Å². The minimum atomic E-state index is -0.251. The van der Waals surface area contributed by atoms with Gasteiger partial charge in [0, 0.05) is 28.6 Å². The molecule has 2 nitrogen and oxygen atoms in total. The van der Waals surface area contributed by atoms with Gasteiger partial charge in [0.15, 0.2) is 0 Å². The molecule has 0 radical (unpaired) electrons. The largest absolute Gasteiger partial charge is 0.331 e. The highest BCUT2D eigenvalue weighted by Crippen LogP contribution is 2.30. The molecular formula is C18H18FNOS. The summed E-state index contributed by atoms with van der Waals surface area (Å²) in [4.78, 5) is 15.7. The van der Waals surface area contributed by atoms with E-state index in [2.05, 4.69) is 0 Å². The first kappa shape index (κ1) is 15.1. The molecule has 0 heterocycles. The van der Waals surface area contributed by atoms with Crippen LogP contribution in [-0.4, -0.2) is 23.1 Å². The smallest absolute Gasteiger partial charge is 0.254 e.